The molecular weight excluding hydrogens is 274 g/mol. The Balaban J connectivity index is 1.83. The second-order valence-corrected chi connectivity index (χ2v) is 5.74. The summed E-state index contributed by atoms with van der Waals surface area (Å²) in [6.07, 6.45) is 3.23. The third-order valence-electron chi connectivity index (χ3n) is 4.36. The lowest BCUT2D eigenvalue weighted by Crippen LogP contribution is -2.51. The smallest absolute Gasteiger partial charge is 0.321 e. The van der Waals surface area contributed by atoms with Crippen LogP contribution in [0.2, 0.25) is 0 Å². The van der Waals surface area contributed by atoms with Crippen molar-refractivity contribution in [2.24, 2.45) is 5.10 Å². The number of amidine groups is 1. The quantitative estimate of drug-likeness (QED) is 0.931. The highest BCUT2D eigenvalue weighted by Gasteiger charge is 2.50. The molecule has 4 rings (SSSR count). The lowest BCUT2D eigenvalue weighted by molar-refractivity contribution is 0.341. The number of hydrogen-bond donors (Lipinski definition) is 1. The Morgan fingerprint density at radius 2 is 1.86 bits per heavy atom. The van der Waals surface area contributed by atoms with Crippen LogP contribution in [0.1, 0.15) is 31.7 Å². The summed E-state index contributed by atoms with van der Waals surface area (Å²) in [5.41, 5.74) is 5.28. The van der Waals surface area contributed by atoms with Gasteiger partial charge < -0.3 is 4.74 Å². The Hall–Kier alpha value is -2.49. The van der Waals surface area contributed by atoms with E-state index in [-0.39, 0.29) is 5.66 Å². The van der Waals surface area contributed by atoms with Gasteiger partial charge in [0.15, 0.2) is 11.4 Å². The molecule has 0 saturated heterocycles. The molecular formula is C18H19N3O. The fraction of sp³-hybridized carbons (Fsp3) is 0.278. The molecule has 2 aliphatic rings. The summed E-state index contributed by atoms with van der Waals surface area (Å²) in [4.78, 5) is 2.20. The highest BCUT2D eigenvalue weighted by atomic mass is 16.5. The van der Waals surface area contributed by atoms with Crippen molar-refractivity contribution >= 4 is 11.7 Å². The molecule has 112 valence electrons. The number of para-hydroxylation sites is 2. The van der Waals surface area contributed by atoms with Crippen molar-refractivity contribution in [3.05, 3.63) is 60.2 Å². The van der Waals surface area contributed by atoms with E-state index in [0.29, 0.717) is 6.02 Å². The van der Waals surface area contributed by atoms with Crippen molar-refractivity contribution < 1.29 is 4.74 Å². The van der Waals surface area contributed by atoms with Crippen molar-refractivity contribution in [2.45, 2.75) is 31.8 Å². The number of hydrazone groups is 1. The van der Waals surface area contributed by atoms with Crippen LogP contribution in [0.15, 0.2) is 59.7 Å². The van der Waals surface area contributed by atoms with Gasteiger partial charge >= 0.3 is 6.02 Å². The second-order valence-electron chi connectivity index (χ2n) is 5.74. The molecule has 0 spiro atoms. The van der Waals surface area contributed by atoms with Gasteiger partial charge in [-0.2, -0.15) is 0 Å². The summed E-state index contributed by atoms with van der Waals surface area (Å²) >= 11 is 0. The van der Waals surface area contributed by atoms with Gasteiger partial charge in [0.05, 0.1) is 5.69 Å². The Labute approximate surface area is 130 Å². The van der Waals surface area contributed by atoms with Gasteiger partial charge in [-0.1, -0.05) is 55.8 Å². The molecule has 4 heteroatoms. The molecule has 0 aliphatic carbocycles. The molecule has 2 aromatic carbocycles. The van der Waals surface area contributed by atoms with Gasteiger partial charge in [0.25, 0.3) is 0 Å². The fourth-order valence-corrected chi connectivity index (χ4v) is 3.26. The minimum Gasteiger partial charge on any atom is -0.422 e. The molecule has 1 atom stereocenters. The zero-order chi connectivity index (χ0) is 15.0. The molecule has 0 amide bonds. The number of nitrogens with zero attached hydrogens (tertiary/aromatic N) is 2. The van der Waals surface area contributed by atoms with Gasteiger partial charge in [-0.15, -0.1) is 5.10 Å². The molecule has 0 unspecified atom stereocenters. The van der Waals surface area contributed by atoms with Crippen LogP contribution in [0.4, 0.5) is 5.69 Å². The van der Waals surface area contributed by atoms with Gasteiger partial charge in [0.1, 0.15) is 0 Å². The molecule has 22 heavy (non-hydrogen) atoms. The monoisotopic (exact) mass is 293 g/mol. The van der Waals surface area contributed by atoms with Crippen LogP contribution < -0.4 is 15.1 Å². The highest BCUT2D eigenvalue weighted by Crippen LogP contribution is 2.46. The van der Waals surface area contributed by atoms with E-state index >= 15 is 0 Å². The summed E-state index contributed by atoms with van der Waals surface area (Å²) in [7, 11) is 0. The van der Waals surface area contributed by atoms with Gasteiger partial charge in [-0.25, -0.2) is 0 Å². The number of rotatable bonds is 4. The molecule has 0 fully saturated rings. The van der Waals surface area contributed by atoms with Crippen LogP contribution in [0.5, 0.6) is 5.75 Å². The normalized spacial score (nSPS) is 21.7. The summed E-state index contributed by atoms with van der Waals surface area (Å²) in [5, 5.41) is 4.47. The minimum absolute atomic E-state index is 0.362. The molecule has 1 N–H and O–H groups in total. The first-order chi connectivity index (χ1) is 10.8. The largest absolute Gasteiger partial charge is 0.422 e. The Bertz CT molecular complexity index is 713. The van der Waals surface area contributed by atoms with E-state index in [9.17, 15) is 0 Å². The molecule has 2 aliphatic heterocycles. The number of anilines is 1. The van der Waals surface area contributed by atoms with Crippen molar-refractivity contribution in [1.29, 1.82) is 0 Å². The van der Waals surface area contributed by atoms with Crippen LogP contribution in [0, 0.1) is 0 Å². The maximum absolute atomic E-state index is 5.90. The van der Waals surface area contributed by atoms with Crippen LogP contribution in [-0.2, 0) is 5.66 Å². The van der Waals surface area contributed by atoms with E-state index in [1.54, 1.807) is 0 Å². The topological polar surface area (TPSA) is 36.9 Å². The molecule has 0 radical (unpaired) electrons. The molecule has 2 heterocycles. The van der Waals surface area contributed by atoms with E-state index in [1.807, 2.05) is 24.3 Å². The van der Waals surface area contributed by atoms with E-state index in [0.717, 1.165) is 30.7 Å². The lowest BCUT2D eigenvalue weighted by Gasteiger charge is -2.37. The second kappa shape index (κ2) is 5.05. The summed E-state index contributed by atoms with van der Waals surface area (Å²) < 4.78 is 5.90. The highest BCUT2D eigenvalue weighted by molar-refractivity contribution is 6.02. The number of benzene rings is 2. The molecule has 0 aromatic heterocycles. The van der Waals surface area contributed by atoms with E-state index in [4.69, 9.17) is 4.74 Å². The number of fused-ring (bicyclic) bond motifs is 3. The van der Waals surface area contributed by atoms with Gasteiger partial charge in [-0.05, 0) is 30.5 Å². The number of ether oxygens (including phenoxy) is 1. The standard InChI is InChI=1S/C18H19N3O/c1-2-3-13-18(14-9-5-4-6-10-14)20-19-17-21(18)15-11-7-8-12-16(15)22-17/h4-12,20H,2-3,13H2,1H3/t18-/m0/s1. The van der Waals surface area contributed by atoms with Crippen LogP contribution in [-0.4, -0.2) is 6.02 Å². The molecule has 0 saturated carbocycles. The average Bonchev–Trinajstić information content (AvgIpc) is 3.12. The zero-order valence-corrected chi connectivity index (χ0v) is 12.6. The third kappa shape index (κ3) is 1.80. The zero-order valence-electron chi connectivity index (χ0n) is 12.6. The van der Waals surface area contributed by atoms with Crippen LogP contribution >= 0.6 is 0 Å². The van der Waals surface area contributed by atoms with Crippen molar-refractivity contribution in [3.8, 4) is 5.75 Å². The van der Waals surface area contributed by atoms with Crippen LogP contribution in [0.3, 0.4) is 0 Å². The van der Waals surface area contributed by atoms with Crippen molar-refractivity contribution in [1.82, 2.24) is 5.43 Å². The van der Waals surface area contributed by atoms with E-state index in [1.165, 1.54) is 5.56 Å². The Morgan fingerprint density at radius 1 is 1.09 bits per heavy atom. The summed E-state index contributed by atoms with van der Waals surface area (Å²) in [6.45, 7) is 2.21. The van der Waals surface area contributed by atoms with Gasteiger partial charge in [0.2, 0.25) is 0 Å². The van der Waals surface area contributed by atoms with E-state index in [2.05, 4.69) is 52.7 Å². The molecule has 2 aromatic rings. The maximum atomic E-state index is 5.90. The van der Waals surface area contributed by atoms with Gasteiger partial charge in [0, 0.05) is 0 Å². The first-order valence-corrected chi connectivity index (χ1v) is 7.82. The Kier molecular flexibility index (Phi) is 3.03. The van der Waals surface area contributed by atoms with Gasteiger partial charge in [-0.3, -0.25) is 10.3 Å². The number of hydrogen-bond acceptors (Lipinski definition) is 4. The molecule has 4 nitrogen and oxygen atoms in total. The predicted octanol–water partition coefficient (Wildman–Crippen LogP) is 3.80. The minimum atomic E-state index is -0.362. The average molecular weight is 293 g/mol. The van der Waals surface area contributed by atoms with Crippen LogP contribution in [0.25, 0.3) is 0 Å². The first-order valence-electron chi connectivity index (χ1n) is 7.82. The maximum Gasteiger partial charge on any atom is 0.321 e. The molecule has 0 bridgehead atoms. The Morgan fingerprint density at radius 3 is 2.68 bits per heavy atom. The summed E-state index contributed by atoms with van der Waals surface area (Å²) in [6, 6.07) is 19.3. The predicted molar refractivity (Wildman–Crippen MR) is 87.8 cm³/mol. The van der Waals surface area contributed by atoms with Crippen molar-refractivity contribution in [3.63, 3.8) is 0 Å². The SMILES string of the molecule is CCCC[C@]1(c2ccccc2)NN=C2Oc3ccccc3N21. The lowest BCUT2D eigenvalue weighted by atomic mass is 9.92. The number of nitrogens with one attached hydrogen (secondary N) is 1. The van der Waals surface area contributed by atoms with E-state index < -0.39 is 0 Å². The first kappa shape index (κ1) is 13.2. The summed E-state index contributed by atoms with van der Waals surface area (Å²) in [5.74, 6) is 0.875. The fourth-order valence-electron chi connectivity index (χ4n) is 3.26. The number of unbranched alkanes of at least 4 members (excludes halogenated alkanes) is 1. The van der Waals surface area contributed by atoms with Crippen molar-refractivity contribution in [2.75, 3.05) is 4.90 Å². The third-order valence-corrected chi connectivity index (χ3v) is 4.36.